The Kier molecular flexibility index (Phi) is 3.89. The molecule has 0 aliphatic carbocycles. The van der Waals surface area contributed by atoms with Gasteiger partial charge in [0.25, 0.3) is 6.43 Å². The fourth-order valence-electron chi connectivity index (χ4n) is 1.38. The zero-order valence-electron chi connectivity index (χ0n) is 8.70. The summed E-state index contributed by atoms with van der Waals surface area (Å²) in [7, 11) is 0. The van der Waals surface area contributed by atoms with E-state index in [-0.39, 0.29) is 18.7 Å². The van der Waals surface area contributed by atoms with Gasteiger partial charge < -0.3 is 10.8 Å². The van der Waals surface area contributed by atoms with E-state index in [0.717, 1.165) is 0 Å². The maximum Gasteiger partial charge on any atom is 0.309 e. The predicted molar refractivity (Wildman–Crippen MR) is 53.2 cm³/mol. The number of carboxylic acid groups (broad SMARTS) is 1. The lowest BCUT2D eigenvalue weighted by molar-refractivity contribution is -0.136. The highest BCUT2D eigenvalue weighted by Crippen LogP contribution is 2.21. The number of rotatable bonds is 4. The van der Waals surface area contributed by atoms with Crippen molar-refractivity contribution < 1.29 is 18.7 Å². The number of nitrogens with two attached hydrogens (primary N) is 1. The number of pyridine rings is 1. The molecule has 4 nitrogen and oxygen atoms in total. The van der Waals surface area contributed by atoms with Crippen molar-refractivity contribution in [2.24, 2.45) is 5.73 Å². The molecule has 1 rings (SSSR count). The molecule has 16 heavy (non-hydrogen) atoms. The molecule has 0 fully saturated rings. The molecular weight excluding hydrogens is 218 g/mol. The summed E-state index contributed by atoms with van der Waals surface area (Å²) in [6.45, 7) is 1.71. The third-order valence-electron chi connectivity index (χ3n) is 2.26. The molecule has 0 aliphatic rings. The SMILES string of the molecule is Cc1c(CN)cc(C(F)F)nc1CC(=O)O. The van der Waals surface area contributed by atoms with Crippen LogP contribution in [0.5, 0.6) is 0 Å². The van der Waals surface area contributed by atoms with Crippen molar-refractivity contribution in [3.63, 3.8) is 0 Å². The normalized spacial score (nSPS) is 10.8. The van der Waals surface area contributed by atoms with Crippen molar-refractivity contribution in [1.82, 2.24) is 4.98 Å². The Hall–Kier alpha value is -1.56. The minimum Gasteiger partial charge on any atom is -0.481 e. The topological polar surface area (TPSA) is 76.2 Å². The minimum absolute atomic E-state index is 0.0840. The first-order valence-electron chi connectivity index (χ1n) is 4.65. The Balaban J connectivity index is 3.24. The number of hydrogen-bond donors (Lipinski definition) is 2. The molecule has 0 saturated carbocycles. The number of halogens is 2. The molecule has 1 aromatic rings. The highest BCUT2D eigenvalue weighted by atomic mass is 19.3. The highest BCUT2D eigenvalue weighted by molar-refractivity contribution is 5.70. The second kappa shape index (κ2) is 4.98. The van der Waals surface area contributed by atoms with Crippen molar-refractivity contribution in [2.75, 3.05) is 0 Å². The molecule has 0 atom stereocenters. The molecule has 0 spiro atoms. The number of aliphatic carboxylic acids is 1. The number of aromatic nitrogens is 1. The predicted octanol–water partition coefficient (Wildman–Crippen LogP) is 1.41. The van der Waals surface area contributed by atoms with E-state index < -0.39 is 18.1 Å². The fraction of sp³-hybridized carbons (Fsp3) is 0.400. The summed E-state index contributed by atoms with van der Waals surface area (Å²) in [4.78, 5) is 14.2. The molecule has 0 saturated heterocycles. The molecule has 1 heterocycles. The quantitative estimate of drug-likeness (QED) is 0.820. The molecule has 0 bridgehead atoms. The lowest BCUT2D eigenvalue weighted by atomic mass is 10.0. The highest BCUT2D eigenvalue weighted by Gasteiger charge is 2.16. The van der Waals surface area contributed by atoms with Crippen molar-refractivity contribution >= 4 is 5.97 Å². The molecular formula is C10H12F2N2O2. The summed E-state index contributed by atoms with van der Waals surface area (Å²) < 4.78 is 25.0. The van der Waals surface area contributed by atoms with Crippen LogP contribution in [0.1, 0.15) is 28.9 Å². The van der Waals surface area contributed by atoms with Gasteiger partial charge in [-0.3, -0.25) is 9.78 Å². The van der Waals surface area contributed by atoms with E-state index in [9.17, 15) is 13.6 Å². The van der Waals surface area contributed by atoms with Gasteiger partial charge in [-0.2, -0.15) is 0 Å². The third-order valence-corrected chi connectivity index (χ3v) is 2.26. The summed E-state index contributed by atoms with van der Waals surface area (Å²) >= 11 is 0. The van der Waals surface area contributed by atoms with Crippen LogP contribution >= 0.6 is 0 Å². The van der Waals surface area contributed by atoms with Crippen LogP contribution < -0.4 is 5.73 Å². The number of nitrogens with zero attached hydrogens (tertiary/aromatic N) is 1. The minimum atomic E-state index is -2.72. The van der Waals surface area contributed by atoms with E-state index in [0.29, 0.717) is 11.1 Å². The first-order valence-corrected chi connectivity index (χ1v) is 4.65. The standard InChI is InChI=1S/C10H12F2N2O2/c1-5-6(4-13)2-8(10(11)12)14-7(5)3-9(15)16/h2,10H,3-4,13H2,1H3,(H,15,16). The van der Waals surface area contributed by atoms with E-state index >= 15 is 0 Å². The van der Waals surface area contributed by atoms with Gasteiger partial charge in [0.15, 0.2) is 0 Å². The number of carboxylic acids is 1. The second-order valence-electron chi connectivity index (χ2n) is 3.35. The molecule has 0 aliphatic heterocycles. The van der Waals surface area contributed by atoms with Crippen LogP contribution in [-0.2, 0) is 17.8 Å². The van der Waals surface area contributed by atoms with E-state index in [4.69, 9.17) is 10.8 Å². The van der Waals surface area contributed by atoms with Crippen molar-refractivity contribution in [3.8, 4) is 0 Å². The Bertz CT molecular complexity index is 408. The Morgan fingerprint density at radius 3 is 2.69 bits per heavy atom. The number of hydrogen-bond acceptors (Lipinski definition) is 3. The van der Waals surface area contributed by atoms with Crippen LogP contribution in [0.15, 0.2) is 6.07 Å². The van der Waals surface area contributed by atoms with Crippen LogP contribution in [0, 0.1) is 6.92 Å². The average molecular weight is 230 g/mol. The van der Waals surface area contributed by atoms with Gasteiger partial charge >= 0.3 is 5.97 Å². The van der Waals surface area contributed by atoms with Gasteiger partial charge in [-0.05, 0) is 24.1 Å². The van der Waals surface area contributed by atoms with Crippen LogP contribution in [0.3, 0.4) is 0 Å². The largest absolute Gasteiger partial charge is 0.481 e. The summed E-state index contributed by atoms with van der Waals surface area (Å²) in [6.07, 6.45) is -3.10. The summed E-state index contributed by atoms with van der Waals surface area (Å²) in [6, 6.07) is 1.21. The molecule has 1 aromatic heterocycles. The summed E-state index contributed by atoms with van der Waals surface area (Å²) in [5.41, 5.74) is 6.18. The number of alkyl halides is 2. The summed E-state index contributed by atoms with van der Waals surface area (Å²) in [5, 5.41) is 8.63. The van der Waals surface area contributed by atoms with E-state index in [1.54, 1.807) is 6.92 Å². The van der Waals surface area contributed by atoms with Crippen molar-refractivity contribution in [2.45, 2.75) is 26.3 Å². The monoisotopic (exact) mass is 230 g/mol. The molecule has 0 radical (unpaired) electrons. The molecule has 0 unspecified atom stereocenters. The lowest BCUT2D eigenvalue weighted by Gasteiger charge is -2.10. The molecule has 0 aromatic carbocycles. The first-order chi connectivity index (χ1) is 7.45. The van der Waals surface area contributed by atoms with Gasteiger partial charge in [-0.25, -0.2) is 8.78 Å². The van der Waals surface area contributed by atoms with Gasteiger partial charge in [0.05, 0.1) is 12.1 Å². The lowest BCUT2D eigenvalue weighted by Crippen LogP contribution is -2.11. The fourth-order valence-corrected chi connectivity index (χ4v) is 1.38. The number of carbonyl (C=O) groups is 1. The van der Waals surface area contributed by atoms with Gasteiger partial charge in [-0.15, -0.1) is 0 Å². The van der Waals surface area contributed by atoms with E-state index in [1.807, 2.05) is 0 Å². The van der Waals surface area contributed by atoms with Crippen LogP contribution in [0.25, 0.3) is 0 Å². The van der Waals surface area contributed by atoms with Gasteiger partial charge in [0.1, 0.15) is 5.69 Å². The summed E-state index contributed by atoms with van der Waals surface area (Å²) in [5.74, 6) is -1.11. The second-order valence-corrected chi connectivity index (χ2v) is 3.35. The van der Waals surface area contributed by atoms with Gasteiger partial charge in [0.2, 0.25) is 0 Å². The maximum absolute atomic E-state index is 12.5. The zero-order valence-corrected chi connectivity index (χ0v) is 8.70. The van der Waals surface area contributed by atoms with Crippen molar-refractivity contribution in [3.05, 3.63) is 28.6 Å². The maximum atomic E-state index is 12.5. The zero-order chi connectivity index (χ0) is 12.3. The average Bonchev–Trinajstić information content (AvgIpc) is 2.20. The van der Waals surface area contributed by atoms with Crippen LogP contribution in [0.4, 0.5) is 8.78 Å². The third kappa shape index (κ3) is 2.73. The van der Waals surface area contributed by atoms with E-state index in [1.165, 1.54) is 6.07 Å². The smallest absolute Gasteiger partial charge is 0.309 e. The Labute approximate surface area is 91.1 Å². The van der Waals surface area contributed by atoms with Gasteiger partial charge in [-0.1, -0.05) is 0 Å². The molecule has 6 heteroatoms. The van der Waals surface area contributed by atoms with E-state index in [2.05, 4.69) is 4.98 Å². The van der Waals surface area contributed by atoms with Crippen molar-refractivity contribution in [1.29, 1.82) is 0 Å². The molecule has 3 N–H and O–H groups in total. The van der Waals surface area contributed by atoms with Gasteiger partial charge in [0, 0.05) is 6.54 Å². The Morgan fingerprint density at radius 2 is 2.25 bits per heavy atom. The molecule has 88 valence electrons. The molecule has 0 amide bonds. The van der Waals surface area contributed by atoms with Crippen LogP contribution in [0.2, 0.25) is 0 Å². The van der Waals surface area contributed by atoms with Crippen LogP contribution in [-0.4, -0.2) is 16.1 Å². The first kappa shape index (κ1) is 12.5. The Morgan fingerprint density at radius 1 is 1.62 bits per heavy atom.